The summed E-state index contributed by atoms with van der Waals surface area (Å²) in [5.41, 5.74) is 5.59. The third kappa shape index (κ3) is 5.84. The van der Waals surface area contributed by atoms with Crippen LogP contribution in [0.3, 0.4) is 0 Å². The molecule has 0 aliphatic carbocycles. The van der Waals surface area contributed by atoms with Crippen molar-refractivity contribution in [2.75, 3.05) is 25.1 Å². The second-order valence-corrected chi connectivity index (χ2v) is 7.64. The van der Waals surface area contributed by atoms with Gasteiger partial charge in [-0.3, -0.25) is 0 Å². The Balaban J connectivity index is 2.33. The first-order chi connectivity index (χ1) is 7.91. The van der Waals surface area contributed by atoms with E-state index in [9.17, 15) is 8.42 Å². The quantitative estimate of drug-likeness (QED) is 0.776. The van der Waals surface area contributed by atoms with Crippen LogP contribution in [0.4, 0.5) is 0 Å². The summed E-state index contributed by atoms with van der Waals surface area (Å²) in [6, 6.07) is 0.427. The molecule has 4 nitrogen and oxygen atoms in total. The lowest BCUT2D eigenvalue weighted by molar-refractivity contribution is 0.181. The number of piperidine rings is 1. The van der Waals surface area contributed by atoms with E-state index < -0.39 is 9.84 Å². The molecule has 0 aromatic rings. The third-order valence-electron chi connectivity index (χ3n) is 3.57. The Morgan fingerprint density at radius 3 is 2.65 bits per heavy atom. The van der Waals surface area contributed by atoms with Crippen molar-refractivity contribution < 1.29 is 8.42 Å². The van der Waals surface area contributed by atoms with Crippen LogP contribution in [0.1, 0.15) is 39.0 Å². The Bertz CT molecular complexity index is 314. The minimum absolute atomic E-state index is 0.0258. The molecule has 0 radical (unpaired) electrons. The molecule has 1 heterocycles. The van der Waals surface area contributed by atoms with Gasteiger partial charge < -0.3 is 10.6 Å². The van der Waals surface area contributed by atoms with Crippen LogP contribution in [0.25, 0.3) is 0 Å². The molecule has 0 bridgehead atoms. The number of likely N-dealkylation sites (tertiary alicyclic amines) is 1. The molecule has 2 unspecified atom stereocenters. The van der Waals surface area contributed by atoms with Crippen molar-refractivity contribution in [1.82, 2.24) is 4.90 Å². The molecule has 0 spiro atoms. The summed E-state index contributed by atoms with van der Waals surface area (Å²) < 4.78 is 23.6. The maximum Gasteiger partial charge on any atom is 0.150 e. The van der Waals surface area contributed by atoms with Crippen molar-refractivity contribution in [3.05, 3.63) is 0 Å². The van der Waals surface area contributed by atoms with Crippen molar-refractivity contribution in [3.63, 3.8) is 0 Å². The number of nitrogens with zero attached hydrogens (tertiary/aromatic N) is 1. The van der Waals surface area contributed by atoms with Gasteiger partial charge in [0.1, 0.15) is 9.84 Å². The summed E-state index contributed by atoms with van der Waals surface area (Å²) in [6.07, 6.45) is 4.96. The van der Waals surface area contributed by atoms with Crippen molar-refractivity contribution in [2.24, 2.45) is 5.73 Å². The normalized spacial score (nSPS) is 24.8. The zero-order valence-electron chi connectivity index (χ0n) is 11.1. The molecule has 0 aromatic carbocycles. The molecule has 2 N–H and O–H groups in total. The van der Waals surface area contributed by atoms with E-state index in [0.29, 0.717) is 18.2 Å². The first kappa shape index (κ1) is 14.9. The Hall–Kier alpha value is -0.130. The molecule has 2 atom stereocenters. The Labute approximate surface area is 105 Å². The lowest BCUT2D eigenvalue weighted by Gasteiger charge is -2.32. The lowest BCUT2D eigenvalue weighted by atomic mass is 10.0. The molecular weight excluding hydrogens is 236 g/mol. The van der Waals surface area contributed by atoms with Crippen molar-refractivity contribution in [2.45, 2.75) is 51.1 Å². The molecule has 0 amide bonds. The van der Waals surface area contributed by atoms with Crippen molar-refractivity contribution in [3.8, 4) is 0 Å². The highest BCUT2D eigenvalue weighted by Crippen LogP contribution is 2.18. The van der Waals surface area contributed by atoms with E-state index in [1.807, 2.05) is 6.92 Å². The van der Waals surface area contributed by atoms with Crippen LogP contribution >= 0.6 is 0 Å². The first-order valence-electron chi connectivity index (χ1n) is 6.57. The molecule has 1 aliphatic heterocycles. The van der Waals surface area contributed by atoms with Gasteiger partial charge in [-0.05, 0) is 46.2 Å². The van der Waals surface area contributed by atoms with Crippen LogP contribution in [0.15, 0.2) is 0 Å². The monoisotopic (exact) mass is 262 g/mol. The number of rotatable bonds is 6. The van der Waals surface area contributed by atoms with Crippen LogP contribution < -0.4 is 5.73 Å². The average Bonchev–Trinajstić information content (AvgIpc) is 2.26. The summed E-state index contributed by atoms with van der Waals surface area (Å²) >= 11 is 0. The zero-order valence-corrected chi connectivity index (χ0v) is 11.9. The number of nitrogens with two attached hydrogens (primary N) is 1. The molecule has 1 saturated heterocycles. The van der Waals surface area contributed by atoms with Gasteiger partial charge in [0, 0.05) is 12.1 Å². The predicted molar refractivity (Wildman–Crippen MR) is 71.8 cm³/mol. The van der Waals surface area contributed by atoms with E-state index in [1.165, 1.54) is 12.8 Å². The molecule has 102 valence electrons. The molecule has 1 aliphatic rings. The summed E-state index contributed by atoms with van der Waals surface area (Å²) in [6.45, 7) is 2.95. The third-order valence-corrected chi connectivity index (χ3v) is 5.28. The van der Waals surface area contributed by atoms with E-state index in [1.54, 1.807) is 0 Å². The topological polar surface area (TPSA) is 63.4 Å². The maximum absolute atomic E-state index is 11.8. The number of hydrogen-bond acceptors (Lipinski definition) is 4. The van der Waals surface area contributed by atoms with Gasteiger partial charge in [-0.15, -0.1) is 0 Å². The molecule has 0 aromatic heterocycles. The molecule has 5 heteroatoms. The SMILES string of the molecule is CC(N)CCS(=O)(=O)CCC1CCCCN1C. The van der Waals surface area contributed by atoms with Crippen LogP contribution in [0, 0.1) is 0 Å². The van der Waals surface area contributed by atoms with Gasteiger partial charge in [0.05, 0.1) is 11.5 Å². The van der Waals surface area contributed by atoms with E-state index in [4.69, 9.17) is 5.73 Å². The van der Waals surface area contributed by atoms with Gasteiger partial charge >= 0.3 is 0 Å². The van der Waals surface area contributed by atoms with Crippen molar-refractivity contribution in [1.29, 1.82) is 0 Å². The average molecular weight is 262 g/mol. The fraction of sp³-hybridized carbons (Fsp3) is 1.00. The second kappa shape index (κ2) is 6.71. The van der Waals surface area contributed by atoms with Crippen LogP contribution in [-0.2, 0) is 9.84 Å². The van der Waals surface area contributed by atoms with Crippen LogP contribution in [-0.4, -0.2) is 50.5 Å². The summed E-state index contributed by atoms with van der Waals surface area (Å²) in [4.78, 5) is 2.30. The number of sulfone groups is 1. The fourth-order valence-electron chi connectivity index (χ4n) is 2.29. The highest BCUT2D eigenvalue weighted by atomic mass is 32.2. The Morgan fingerprint density at radius 2 is 2.06 bits per heavy atom. The summed E-state index contributed by atoms with van der Waals surface area (Å²) in [7, 11) is -0.810. The highest BCUT2D eigenvalue weighted by Gasteiger charge is 2.21. The lowest BCUT2D eigenvalue weighted by Crippen LogP contribution is -2.37. The first-order valence-corrected chi connectivity index (χ1v) is 8.39. The second-order valence-electron chi connectivity index (χ2n) is 5.34. The molecule has 1 rings (SSSR count). The zero-order chi connectivity index (χ0) is 12.9. The fourth-order valence-corrected chi connectivity index (χ4v) is 3.86. The predicted octanol–water partition coefficient (Wildman–Crippen LogP) is 1.01. The standard InChI is InChI=1S/C12H26N2O2S/c1-11(13)6-9-17(15,16)10-7-12-5-3-4-8-14(12)2/h11-12H,3-10,13H2,1-2H3. The Kier molecular flexibility index (Phi) is 5.89. The van der Waals surface area contributed by atoms with Crippen molar-refractivity contribution >= 4 is 9.84 Å². The molecular formula is C12H26N2O2S. The van der Waals surface area contributed by atoms with E-state index >= 15 is 0 Å². The smallest absolute Gasteiger partial charge is 0.150 e. The highest BCUT2D eigenvalue weighted by molar-refractivity contribution is 7.91. The minimum Gasteiger partial charge on any atom is -0.328 e. The van der Waals surface area contributed by atoms with Gasteiger partial charge in [0.2, 0.25) is 0 Å². The van der Waals surface area contributed by atoms with Crippen LogP contribution in [0.5, 0.6) is 0 Å². The van der Waals surface area contributed by atoms with Gasteiger partial charge in [-0.1, -0.05) is 6.42 Å². The Morgan fingerprint density at radius 1 is 1.35 bits per heavy atom. The summed E-state index contributed by atoms with van der Waals surface area (Å²) in [5.74, 6) is 0.551. The van der Waals surface area contributed by atoms with E-state index in [0.717, 1.165) is 19.4 Å². The molecule has 0 saturated carbocycles. The largest absolute Gasteiger partial charge is 0.328 e. The van der Waals surface area contributed by atoms with E-state index in [-0.39, 0.29) is 11.8 Å². The van der Waals surface area contributed by atoms with Crippen LogP contribution in [0.2, 0.25) is 0 Å². The molecule has 17 heavy (non-hydrogen) atoms. The summed E-state index contributed by atoms with van der Waals surface area (Å²) in [5, 5.41) is 0. The van der Waals surface area contributed by atoms with Gasteiger partial charge in [0.25, 0.3) is 0 Å². The maximum atomic E-state index is 11.8. The van der Waals surface area contributed by atoms with E-state index in [2.05, 4.69) is 11.9 Å². The van der Waals surface area contributed by atoms with Gasteiger partial charge in [-0.25, -0.2) is 8.42 Å². The number of hydrogen-bond donors (Lipinski definition) is 1. The molecule has 1 fully saturated rings. The minimum atomic E-state index is -2.91. The van der Waals surface area contributed by atoms with Gasteiger partial charge in [0.15, 0.2) is 0 Å². The van der Waals surface area contributed by atoms with Gasteiger partial charge in [-0.2, -0.15) is 0 Å².